The average molecular weight is 456 g/mol. The van der Waals surface area contributed by atoms with Crippen molar-refractivity contribution in [3.05, 3.63) is 102 Å². The second-order valence-corrected chi connectivity index (χ2v) is 8.44. The Morgan fingerprint density at radius 3 is 2.09 bits per heavy atom. The van der Waals surface area contributed by atoms with Crippen LogP contribution in [0.2, 0.25) is 0 Å². The number of phenols is 1. The average Bonchev–Trinajstić information content (AvgIpc) is 3.20. The van der Waals surface area contributed by atoms with Gasteiger partial charge in [0, 0.05) is 17.8 Å². The van der Waals surface area contributed by atoms with Gasteiger partial charge in [-0.25, -0.2) is 4.79 Å². The Bertz CT molecular complexity index is 1310. The SMILES string of the molecule is O=C(NCC(O)C(O)c1ccc(O)c2ccccc12)OCC1c2ccccc2-c2ccccc21. The Morgan fingerprint density at radius 1 is 0.824 bits per heavy atom. The van der Waals surface area contributed by atoms with Gasteiger partial charge in [0.15, 0.2) is 0 Å². The Morgan fingerprint density at radius 2 is 1.41 bits per heavy atom. The molecule has 2 unspecified atom stereocenters. The second-order valence-electron chi connectivity index (χ2n) is 8.44. The Balaban J connectivity index is 1.22. The molecule has 2 atom stereocenters. The number of carbonyl (C=O) groups is 1. The monoisotopic (exact) mass is 455 g/mol. The first-order valence-electron chi connectivity index (χ1n) is 11.2. The van der Waals surface area contributed by atoms with Crippen molar-refractivity contribution in [1.29, 1.82) is 0 Å². The number of hydrogen-bond acceptors (Lipinski definition) is 5. The lowest BCUT2D eigenvalue weighted by molar-refractivity contribution is 0.0194. The number of aliphatic hydroxyl groups excluding tert-OH is 2. The van der Waals surface area contributed by atoms with Gasteiger partial charge in [-0.15, -0.1) is 0 Å². The van der Waals surface area contributed by atoms with Gasteiger partial charge in [0.2, 0.25) is 0 Å². The number of aromatic hydroxyl groups is 1. The third-order valence-corrected chi connectivity index (χ3v) is 6.42. The molecule has 0 saturated heterocycles. The fraction of sp³-hybridized carbons (Fsp3) is 0.179. The van der Waals surface area contributed by atoms with Gasteiger partial charge in [-0.05, 0) is 39.3 Å². The molecule has 4 aromatic carbocycles. The number of alkyl carbamates (subject to hydrolysis) is 1. The molecule has 34 heavy (non-hydrogen) atoms. The summed E-state index contributed by atoms with van der Waals surface area (Å²) in [6.45, 7) is -0.0197. The molecular weight excluding hydrogens is 430 g/mol. The molecule has 0 saturated carbocycles. The first kappa shape index (κ1) is 21.9. The third-order valence-electron chi connectivity index (χ3n) is 6.42. The fourth-order valence-corrected chi connectivity index (χ4v) is 4.72. The second kappa shape index (κ2) is 9.17. The third kappa shape index (κ3) is 3.98. The molecular formula is C28H25NO5. The number of amides is 1. The summed E-state index contributed by atoms with van der Waals surface area (Å²) < 4.78 is 5.49. The van der Waals surface area contributed by atoms with Crippen LogP contribution in [0.1, 0.15) is 28.7 Å². The first-order valence-corrected chi connectivity index (χ1v) is 11.2. The lowest BCUT2D eigenvalue weighted by Crippen LogP contribution is -2.36. The zero-order valence-electron chi connectivity index (χ0n) is 18.4. The predicted octanol–water partition coefficient (Wildman–Crippen LogP) is 4.48. The summed E-state index contributed by atoms with van der Waals surface area (Å²) in [6.07, 6.45) is -3.17. The van der Waals surface area contributed by atoms with Gasteiger partial charge in [0.25, 0.3) is 0 Å². The highest BCUT2D eigenvalue weighted by atomic mass is 16.5. The smallest absolute Gasteiger partial charge is 0.407 e. The number of rotatable bonds is 6. The summed E-state index contributed by atoms with van der Waals surface area (Å²) in [7, 11) is 0. The Kier molecular flexibility index (Phi) is 5.92. The Labute approximate surface area is 197 Å². The normalized spacial score (nSPS) is 14.3. The molecule has 1 amide bonds. The summed E-state index contributed by atoms with van der Waals surface area (Å²) in [5, 5.41) is 35.0. The Hall–Kier alpha value is -3.87. The maximum atomic E-state index is 12.4. The van der Waals surface area contributed by atoms with Crippen molar-refractivity contribution in [2.45, 2.75) is 18.1 Å². The number of fused-ring (bicyclic) bond motifs is 4. The van der Waals surface area contributed by atoms with E-state index >= 15 is 0 Å². The lowest BCUT2D eigenvalue weighted by atomic mass is 9.97. The molecule has 4 aromatic rings. The van der Waals surface area contributed by atoms with Gasteiger partial charge in [-0.1, -0.05) is 78.9 Å². The number of aliphatic hydroxyl groups is 2. The van der Waals surface area contributed by atoms with Crippen LogP contribution in [0.4, 0.5) is 4.79 Å². The van der Waals surface area contributed by atoms with Crippen LogP contribution in [0.25, 0.3) is 21.9 Å². The van der Waals surface area contributed by atoms with Gasteiger partial charge in [0.05, 0.1) is 0 Å². The van der Waals surface area contributed by atoms with Crippen LogP contribution in [-0.2, 0) is 4.74 Å². The van der Waals surface area contributed by atoms with Gasteiger partial charge >= 0.3 is 6.09 Å². The standard InChI is InChI=1S/C28H25NO5/c30-25-14-13-23(21-11-5-6-12-22(21)25)27(32)26(31)15-29-28(33)34-16-24-19-9-3-1-7-17(19)18-8-2-4-10-20(18)24/h1-14,24,26-27,30-32H,15-16H2,(H,29,33). The summed E-state index contributed by atoms with van der Waals surface area (Å²) in [5.41, 5.74) is 4.99. The minimum Gasteiger partial charge on any atom is -0.507 e. The summed E-state index contributed by atoms with van der Waals surface area (Å²) in [5.74, 6) is 0.0369. The molecule has 0 radical (unpaired) electrons. The predicted molar refractivity (Wildman–Crippen MR) is 130 cm³/mol. The molecule has 0 heterocycles. The van der Waals surface area contributed by atoms with E-state index in [4.69, 9.17) is 4.74 Å². The van der Waals surface area contributed by atoms with Gasteiger partial charge in [0.1, 0.15) is 24.6 Å². The quantitative estimate of drug-likeness (QED) is 0.344. The zero-order valence-corrected chi connectivity index (χ0v) is 18.4. The number of carbonyl (C=O) groups excluding carboxylic acids is 1. The van der Waals surface area contributed by atoms with E-state index in [2.05, 4.69) is 17.4 Å². The number of nitrogens with one attached hydrogen (secondary N) is 1. The molecule has 0 bridgehead atoms. The first-order chi connectivity index (χ1) is 16.5. The molecule has 0 aliphatic heterocycles. The fourth-order valence-electron chi connectivity index (χ4n) is 4.72. The molecule has 5 rings (SSSR count). The summed E-state index contributed by atoms with van der Waals surface area (Å²) >= 11 is 0. The van der Waals surface area contributed by atoms with Crippen LogP contribution in [0.5, 0.6) is 5.75 Å². The van der Waals surface area contributed by atoms with Crippen molar-refractivity contribution in [2.24, 2.45) is 0 Å². The molecule has 0 aromatic heterocycles. The van der Waals surface area contributed by atoms with Crippen LogP contribution in [0, 0.1) is 0 Å². The zero-order chi connectivity index (χ0) is 23.7. The van der Waals surface area contributed by atoms with E-state index in [1.807, 2.05) is 36.4 Å². The number of hydrogen-bond donors (Lipinski definition) is 4. The highest BCUT2D eigenvalue weighted by Crippen LogP contribution is 2.44. The maximum absolute atomic E-state index is 12.4. The van der Waals surface area contributed by atoms with E-state index in [-0.39, 0.29) is 24.8 Å². The van der Waals surface area contributed by atoms with E-state index in [9.17, 15) is 20.1 Å². The van der Waals surface area contributed by atoms with Crippen LogP contribution >= 0.6 is 0 Å². The highest BCUT2D eigenvalue weighted by Gasteiger charge is 2.29. The van der Waals surface area contributed by atoms with Gasteiger partial charge in [-0.3, -0.25) is 0 Å². The highest BCUT2D eigenvalue weighted by molar-refractivity contribution is 5.91. The maximum Gasteiger partial charge on any atom is 0.407 e. The van der Waals surface area contributed by atoms with E-state index in [1.54, 1.807) is 30.3 Å². The van der Waals surface area contributed by atoms with E-state index < -0.39 is 18.3 Å². The van der Waals surface area contributed by atoms with Crippen molar-refractivity contribution >= 4 is 16.9 Å². The molecule has 0 fully saturated rings. The van der Waals surface area contributed by atoms with Crippen molar-refractivity contribution < 1.29 is 24.9 Å². The van der Waals surface area contributed by atoms with Crippen LogP contribution < -0.4 is 5.32 Å². The van der Waals surface area contributed by atoms with Gasteiger partial charge < -0.3 is 25.4 Å². The van der Waals surface area contributed by atoms with E-state index in [0.717, 1.165) is 22.3 Å². The number of phenolic OH excluding ortho intramolecular Hbond substituents is 1. The van der Waals surface area contributed by atoms with E-state index in [1.165, 1.54) is 6.07 Å². The molecule has 6 heteroatoms. The topological polar surface area (TPSA) is 99.0 Å². The molecule has 1 aliphatic carbocycles. The summed E-state index contributed by atoms with van der Waals surface area (Å²) in [6, 6.07) is 26.3. The van der Waals surface area contributed by atoms with Crippen LogP contribution in [0.15, 0.2) is 84.9 Å². The number of benzene rings is 4. The molecule has 172 valence electrons. The van der Waals surface area contributed by atoms with Gasteiger partial charge in [-0.2, -0.15) is 0 Å². The molecule has 0 spiro atoms. The van der Waals surface area contributed by atoms with Crippen molar-refractivity contribution in [3.8, 4) is 16.9 Å². The largest absolute Gasteiger partial charge is 0.507 e. The molecule has 1 aliphatic rings. The van der Waals surface area contributed by atoms with Crippen molar-refractivity contribution in [3.63, 3.8) is 0 Å². The van der Waals surface area contributed by atoms with Crippen molar-refractivity contribution in [2.75, 3.05) is 13.2 Å². The lowest BCUT2D eigenvalue weighted by Gasteiger charge is -2.21. The van der Waals surface area contributed by atoms with Crippen molar-refractivity contribution in [1.82, 2.24) is 5.32 Å². The van der Waals surface area contributed by atoms with Crippen LogP contribution in [0.3, 0.4) is 0 Å². The summed E-state index contributed by atoms with van der Waals surface area (Å²) in [4.78, 5) is 12.4. The minimum absolute atomic E-state index is 0.0583. The number of ether oxygens (including phenoxy) is 1. The molecule has 6 nitrogen and oxygen atoms in total. The van der Waals surface area contributed by atoms with E-state index in [0.29, 0.717) is 16.3 Å². The minimum atomic E-state index is -1.26. The molecule has 4 N–H and O–H groups in total. The van der Waals surface area contributed by atoms with Crippen LogP contribution in [-0.4, -0.2) is 40.7 Å².